The van der Waals surface area contributed by atoms with Gasteiger partial charge in [0.05, 0.1) is 14.2 Å². The smallest absolute Gasteiger partial charge is 0.194 e. The second-order valence-electron chi connectivity index (χ2n) is 8.13. The van der Waals surface area contributed by atoms with Gasteiger partial charge in [-0.15, -0.1) is 0 Å². The molecule has 1 fully saturated rings. The fraction of sp³-hybridized carbons (Fsp3) is 0.696. The monoisotopic (exact) mass is 402 g/mol. The molecule has 2 aliphatic heterocycles. The number of ether oxygens (including phenoxy) is 2. The van der Waals surface area contributed by atoms with Crippen LogP contribution < -0.4 is 14.8 Å². The van der Waals surface area contributed by atoms with Crippen LogP contribution in [0.1, 0.15) is 44.2 Å². The first kappa shape index (κ1) is 21.8. The van der Waals surface area contributed by atoms with E-state index in [1.807, 2.05) is 0 Å². The third-order valence-corrected chi connectivity index (χ3v) is 6.10. The van der Waals surface area contributed by atoms with Crippen LogP contribution >= 0.6 is 0 Å². The Morgan fingerprint density at radius 3 is 2.38 bits per heavy atom. The zero-order valence-corrected chi connectivity index (χ0v) is 18.7. The zero-order valence-electron chi connectivity index (χ0n) is 18.7. The van der Waals surface area contributed by atoms with Crippen molar-refractivity contribution in [2.45, 2.75) is 46.1 Å². The predicted octanol–water partition coefficient (Wildman–Crippen LogP) is 3.15. The summed E-state index contributed by atoms with van der Waals surface area (Å²) < 4.78 is 11.0. The second-order valence-corrected chi connectivity index (χ2v) is 8.13. The van der Waals surface area contributed by atoms with Gasteiger partial charge in [-0.3, -0.25) is 4.99 Å². The number of rotatable bonds is 7. The van der Waals surface area contributed by atoms with Gasteiger partial charge in [-0.1, -0.05) is 6.92 Å². The van der Waals surface area contributed by atoms with E-state index in [0.29, 0.717) is 5.92 Å². The Morgan fingerprint density at radius 1 is 1.07 bits per heavy atom. The Hall–Kier alpha value is -1.95. The van der Waals surface area contributed by atoms with E-state index in [-0.39, 0.29) is 0 Å². The van der Waals surface area contributed by atoms with Crippen molar-refractivity contribution < 1.29 is 9.47 Å². The minimum absolute atomic E-state index is 0.707. The summed E-state index contributed by atoms with van der Waals surface area (Å²) in [5.41, 5.74) is 2.64. The summed E-state index contributed by atoms with van der Waals surface area (Å²) in [6.07, 6.45) is 4.78. The molecular weight excluding hydrogens is 364 g/mol. The molecule has 3 rings (SSSR count). The summed E-state index contributed by atoms with van der Waals surface area (Å²) in [7, 11) is 3.39. The minimum atomic E-state index is 0.707. The van der Waals surface area contributed by atoms with Crippen LogP contribution in [-0.4, -0.2) is 69.2 Å². The van der Waals surface area contributed by atoms with Gasteiger partial charge < -0.3 is 24.6 Å². The van der Waals surface area contributed by atoms with Crippen LogP contribution in [0.25, 0.3) is 0 Å². The average molecular weight is 403 g/mol. The summed E-state index contributed by atoms with van der Waals surface area (Å²) in [4.78, 5) is 10.0. The van der Waals surface area contributed by atoms with E-state index < -0.39 is 0 Å². The Bertz CT molecular complexity index is 684. The fourth-order valence-corrected chi connectivity index (χ4v) is 4.41. The molecule has 6 nitrogen and oxygen atoms in total. The van der Waals surface area contributed by atoms with Gasteiger partial charge in [0.2, 0.25) is 0 Å². The molecule has 0 spiro atoms. The molecule has 29 heavy (non-hydrogen) atoms. The van der Waals surface area contributed by atoms with E-state index in [1.165, 1.54) is 50.0 Å². The SMILES string of the molecule is CCCN1CCC(CN=C(NCC)N2CCc3cc(OC)c(OC)cc3C2)CC1. The Labute approximate surface area is 176 Å². The molecule has 0 aromatic heterocycles. The van der Waals surface area contributed by atoms with E-state index in [2.05, 4.69) is 41.1 Å². The highest BCUT2D eigenvalue weighted by Crippen LogP contribution is 2.33. The molecular formula is C23H38N4O2. The number of hydrogen-bond acceptors (Lipinski definition) is 4. The zero-order chi connectivity index (χ0) is 20.6. The highest BCUT2D eigenvalue weighted by Gasteiger charge is 2.23. The summed E-state index contributed by atoms with van der Waals surface area (Å²) in [6, 6.07) is 4.24. The van der Waals surface area contributed by atoms with Crippen molar-refractivity contribution in [3.63, 3.8) is 0 Å². The van der Waals surface area contributed by atoms with Crippen LogP contribution in [-0.2, 0) is 13.0 Å². The molecule has 2 heterocycles. The molecule has 1 saturated heterocycles. The van der Waals surface area contributed by atoms with Crippen LogP contribution in [0.5, 0.6) is 11.5 Å². The van der Waals surface area contributed by atoms with E-state index in [0.717, 1.165) is 50.1 Å². The summed E-state index contributed by atoms with van der Waals surface area (Å²) in [5.74, 6) is 3.37. The van der Waals surface area contributed by atoms with Crippen molar-refractivity contribution in [3.05, 3.63) is 23.3 Å². The molecule has 1 aromatic rings. The maximum Gasteiger partial charge on any atom is 0.194 e. The van der Waals surface area contributed by atoms with Gasteiger partial charge in [-0.25, -0.2) is 0 Å². The highest BCUT2D eigenvalue weighted by atomic mass is 16.5. The first-order valence-corrected chi connectivity index (χ1v) is 11.2. The number of aliphatic imine (C=N–C) groups is 1. The van der Waals surface area contributed by atoms with E-state index in [1.54, 1.807) is 14.2 Å². The summed E-state index contributed by atoms with van der Waals surface area (Å²) >= 11 is 0. The lowest BCUT2D eigenvalue weighted by atomic mass is 9.97. The lowest BCUT2D eigenvalue weighted by Gasteiger charge is -2.33. The molecule has 1 N–H and O–H groups in total. The fourth-order valence-electron chi connectivity index (χ4n) is 4.41. The van der Waals surface area contributed by atoms with Crippen LogP contribution in [0.15, 0.2) is 17.1 Å². The molecule has 0 atom stereocenters. The average Bonchev–Trinajstić information content (AvgIpc) is 2.76. The Kier molecular flexibility index (Phi) is 8.04. The molecule has 6 heteroatoms. The number of hydrogen-bond donors (Lipinski definition) is 1. The third kappa shape index (κ3) is 5.56. The molecule has 0 aliphatic carbocycles. The number of fused-ring (bicyclic) bond motifs is 1. The summed E-state index contributed by atoms with van der Waals surface area (Å²) in [5, 5.41) is 3.51. The number of benzene rings is 1. The molecule has 1 aromatic carbocycles. The number of methoxy groups -OCH3 is 2. The van der Waals surface area contributed by atoms with E-state index in [4.69, 9.17) is 14.5 Å². The predicted molar refractivity (Wildman–Crippen MR) is 119 cm³/mol. The molecule has 162 valence electrons. The van der Waals surface area contributed by atoms with Crippen molar-refractivity contribution in [2.75, 3.05) is 53.5 Å². The van der Waals surface area contributed by atoms with Gasteiger partial charge >= 0.3 is 0 Å². The maximum atomic E-state index is 5.50. The quantitative estimate of drug-likeness (QED) is 0.561. The molecule has 0 saturated carbocycles. The van der Waals surface area contributed by atoms with Crippen molar-refractivity contribution in [3.8, 4) is 11.5 Å². The summed E-state index contributed by atoms with van der Waals surface area (Å²) in [6.45, 7) is 11.7. The van der Waals surface area contributed by atoms with Crippen molar-refractivity contribution in [2.24, 2.45) is 10.9 Å². The normalized spacial score (nSPS) is 18.5. The van der Waals surface area contributed by atoms with Crippen LogP contribution in [0, 0.1) is 5.92 Å². The number of guanidine groups is 1. The minimum Gasteiger partial charge on any atom is -0.493 e. The highest BCUT2D eigenvalue weighted by molar-refractivity contribution is 5.80. The van der Waals surface area contributed by atoms with Crippen LogP contribution in [0.4, 0.5) is 0 Å². The van der Waals surface area contributed by atoms with Gasteiger partial charge in [0.1, 0.15) is 0 Å². The largest absolute Gasteiger partial charge is 0.493 e. The Morgan fingerprint density at radius 2 is 1.76 bits per heavy atom. The third-order valence-electron chi connectivity index (χ3n) is 6.10. The molecule has 0 radical (unpaired) electrons. The lowest BCUT2D eigenvalue weighted by molar-refractivity contribution is 0.188. The molecule has 0 bridgehead atoms. The molecule has 0 amide bonds. The van der Waals surface area contributed by atoms with Gasteiger partial charge in [0.15, 0.2) is 17.5 Å². The maximum absolute atomic E-state index is 5.50. The first-order valence-electron chi connectivity index (χ1n) is 11.2. The van der Waals surface area contributed by atoms with Crippen LogP contribution in [0.3, 0.4) is 0 Å². The lowest BCUT2D eigenvalue weighted by Crippen LogP contribution is -2.44. The van der Waals surface area contributed by atoms with Crippen molar-refractivity contribution in [1.82, 2.24) is 15.1 Å². The van der Waals surface area contributed by atoms with E-state index in [9.17, 15) is 0 Å². The topological polar surface area (TPSA) is 49.3 Å². The standard InChI is InChI=1S/C23H38N4O2/c1-5-10-26-11-7-18(8-12-26)16-25-23(24-6-2)27-13-9-19-14-21(28-3)22(29-4)15-20(19)17-27/h14-15,18H,5-13,16-17H2,1-4H3,(H,24,25). The molecule has 2 aliphatic rings. The number of nitrogens with one attached hydrogen (secondary N) is 1. The first-order chi connectivity index (χ1) is 14.2. The van der Waals surface area contributed by atoms with Crippen molar-refractivity contribution >= 4 is 5.96 Å². The number of piperidine rings is 1. The molecule has 0 unspecified atom stereocenters. The van der Waals surface area contributed by atoms with E-state index >= 15 is 0 Å². The number of nitrogens with zero attached hydrogens (tertiary/aromatic N) is 3. The van der Waals surface area contributed by atoms with Gasteiger partial charge in [0, 0.05) is 26.2 Å². The van der Waals surface area contributed by atoms with Gasteiger partial charge in [0.25, 0.3) is 0 Å². The van der Waals surface area contributed by atoms with Crippen molar-refractivity contribution in [1.29, 1.82) is 0 Å². The Balaban J connectivity index is 1.65. The van der Waals surface area contributed by atoms with Gasteiger partial charge in [-0.2, -0.15) is 0 Å². The van der Waals surface area contributed by atoms with Gasteiger partial charge in [-0.05, 0) is 81.4 Å². The second kappa shape index (κ2) is 10.7. The van der Waals surface area contributed by atoms with Crippen LogP contribution in [0.2, 0.25) is 0 Å². The number of likely N-dealkylation sites (tertiary alicyclic amines) is 1.